The number of benzene rings is 2. The summed E-state index contributed by atoms with van der Waals surface area (Å²) in [7, 11) is 0. The first-order valence-electron chi connectivity index (χ1n) is 8.96. The van der Waals surface area contributed by atoms with Crippen molar-refractivity contribution in [3.05, 3.63) is 62.7 Å². The van der Waals surface area contributed by atoms with E-state index in [9.17, 15) is 14.9 Å². The highest BCUT2D eigenvalue weighted by Gasteiger charge is 2.25. The van der Waals surface area contributed by atoms with Crippen LogP contribution in [0.5, 0.6) is 0 Å². The molecule has 2 aromatic carbocycles. The van der Waals surface area contributed by atoms with Crippen molar-refractivity contribution in [1.29, 1.82) is 0 Å². The summed E-state index contributed by atoms with van der Waals surface area (Å²) in [5, 5.41) is 14.7. The third-order valence-corrected chi connectivity index (χ3v) is 5.12. The van der Waals surface area contributed by atoms with Gasteiger partial charge in [-0.05, 0) is 55.5 Å². The molecule has 2 aromatic rings. The lowest BCUT2D eigenvalue weighted by Gasteiger charge is -2.32. The second-order valence-electron chi connectivity index (χ2n) is 7.09. The van der Waals surface area contributed by atoms with Crippen molar-refractivity contribution in [2.45, 2.75) is 26.7 Å². The van der Waals surface area contributed by atoms with E-state index in [4.69, 9.17) is 11.6 Å². The van der Waals surface area contributed by atoms with Crippen LogP contribution < -0.4 is 10.2 Å². The number of rotatable bonds is 4. The zero-order chi connectivity index (χ0) is 19.6. The number of carbonyl (C=O) groups is 1. The molecule has 1 aliphatic heterocycles. The smallest absolute Gasteiger partial charge is 0.293 e. The Kier molecular flexibility index (Phi) is 5.65. The van der Waals surface area contributed by atoms with Gasteiger partial charge in [-0.2, -0.15) is 0 Å². The summed E-state index contributed by atoms with van der Waals surface area (Å²) in [4.78, 5) is 25.8. The number of carbonyl (C=O) groups excluding carboxylic acids is 1. The van der Waals surface area contributed by atoms with Crippen LogP contribution in [0.25, 0.3) is 0 Å². The van der Waals surface area contributed by atoms with Gasteiger partial charge >= 0.3 is 0 Å². The Morgan fingerprint density at radius 1 is 1.30 bits per heavy atom. The molecule has 1 unspecified atom stereocenters. The van der Waals surface area contributed by atoms with E-state index < -0.39 is 10.8 Å². The van der Waals surface area contributed by atoms with E-state index in [0.29, 0.717) is 22.3 Å². The average molecular weight is 388 g/mol. The Morgan fingerprint density at radius 2 is 2.07 bits per heavy atom. The van der Waals surface area contributed by atoms with Crippen LogP contribution >= 0.6 is 11.6 Å². The molecule has 1 fully saturated rings. The summed E-state index contributed by atoms with van der Waals surface area (Å²) in [6.45, 7) is 5.62. The summed E-state index contributed by atoms with van der Waals surface area (Å²) < 4.78 is 0. The Bertz CT molecular complexity index is 885. The van der Waals surface area contributed by atoms with Crippen molar-refractivity contribution >= 4 is 34.6 Å². The summed E-state index contributed by atoms with van der Waals surface area (Å²) in [6, 6.07) is 9.94. The normalized spacial score (nSPS) is 16.9. The number of hydrogen-bond acceptors (Lipinski definition) is 4. The van der Waals surface area contributed by atoms with Gasteiger partial charge in [-0.1, -0.05) is 24.6 Å². The van der Waals surface area contributed by atoms with Gasteiger partial charge in [0.1, 0.15) is 5.69 Å². The second kappa shape index (κ2) is 7.96. The van der Waals surface area contributed by atoms with Crippen molar-refractivity contribution in [1.82, 2.24) is 0 Å². The van der Waals surface area contributed by atoms with Crippen molar-refractivity contribution in [2.24, 2.45) is 5.92 Å². The van der Waals surface area contributed by atoms with E-state index in [1.165, 1.54) is 6.07 Å². The zero-order valence-corrected chi connectivity index (χ0v) is 16.1. The molecule has 3 rings (SSSR count). The average Bonchev–Trinajstić information content (AvgIpc) is 2.63. The third kappa shape index (κ3) is 4.39. The Hall–Kier alpha value is -2.60. The minimum absolute atomic E-state index is 0.0493. The SMILES string of the molecule is Cc1ccc(NC(=O)c2ccc(N3CCCC(C)C3)c([N+](=O)[O-])c2)c(Cl)c1. The summed E-state index contributed by atoms with van der Waals surface area (Å²) in [5.74, 6) is 0.0624. The number of nitro groups is 1. The van der Waals surface area contributed by atoms with E-state index in [1.54, 1.807) is 24.3 Å². The van der Waals surface area contributed by atoms with Gasteiger partial charge < -0.3 is 10.2 Å². The summed E-state index contributed by atoms with van der Waals surface area (Å²) >= 11 is 6.15. The van der Waals surface area contributed by atoms with Crippen LogP contribution in [0.15, 0.2) is 36.4 Å². The molecule has 7 heteroatoms. The van der Waals surface area contributed by atoms with E-state index in [-0.39, 0.29) is 11.3 Å². The number of nitrogens with zero attached hydrogens (tertiary/aromatic N) is 2. The molecular weight excluding hydrogens is 366 g/mol. The largest absolute Gasteiger partial charge is 0.366 e. The quantitative estimate of drug-likeness (QED) is 0.588. The topological polar surface area (TPSA) is 75.5 Å². The van der Waals surface area contributed by atoms with E-state index in [0.717, 1.165) is 31.5 Å². The Labute approximate surface area is 163 Å². The van der Waals surface area contributed by atoms with E-state index >= 15 is 0 Å². The lowest BCUT2D eigenvalue weighted by Crippen LogP contribution is -2.34. The van der Waals surface area contributed by atoms with Crippen LogP contribution in [0, 0.1) is 23.0 Å². The van der Waals surface area contributed by atoms with Crippen molar-refractivity contribution in [2.75, 3.05) is 23.3 Å². The standard InChI is InChI=1S/C20H22ClN3O3/c1-13-5-7-17(16(21)10-13)22-20(25)15-6-8-18(19(11-15)24(26)27)23-9-3-4-14(2)12-23/h5-8,10-11,14H,3-4,9,12H2,1-2H3,(H,22,25). The zero-order valence-electron chi connectivity index (χ0n) is 15.4. The molecule has 6 nitrogen and oxygen atoms in total. The molecule has 1 N–H and O–H groups in total. The first-order valence-corrected chi connectivity index (χ1v) is 9.34. The maximum absolute atomic E-state index is 12.6. The van der Waals surface area contributed by atoms with E-state index in [1.807, 2.05) is 17.9 Å². The first kappa shape index (κ1) is 19.2. The Morgan fingerprint density at radius 3 is 2.74 bits per heavy atom. The van der Waals surface area contributed by atoms with Gasteiger partial charge in [0.05, 0.1) is 15.6 Å². The van der Waals surface area contributed by atoms with Gasteiger partial charge in [0.15, 0.2) is 0 Å². The van der Waals surface area contributed by atoms with Crippen LogP contribution in [0.2, 0.25) is 5.02 Å². The van der Waals surface area contributed by atoms with Gasteiger partial charge in [0.2, 0.25) is 0 Å². The van der Waals surface area contributed by atoms with Crippen LogP contribution in [0.3, 0.4) is 0 Å². The van der Waals surface area contributed by atoms with Crippen molar-refractivity contribution < 1.29 is 9.72 Å². The van der Waals surface area contributed by atoms with Crippen LogP contribution in [0.1, 0.15) is 35.7 Å². The fourth-order valence-electron chi connectivity index (χ4n) is 3.40. The molecule has 0 saturated carbocycles. The molecule has 0 aliphatic carbocycles. The number of nitro benzene ring substituents is 1. The predicted molar refractivity (Wildman–Crippen MR) is 108 cm³/mol. The molecule has 1 heterocycles. The van der Waals surface area contributed by atoms with Crippen LogP contribution in [-0.2, 0) is 0 Å². The number of hydrogen-bond donors (Lipinski definition) is 1. The number of halogens is 1. The molecule has 0 spiro atoms. The van der Waals surface area contributed by atoms with Crippen molar-refractivity contribution in [3.8, 4) is 0 Å². The minimum atomic E-state index is -0.428. The minimum Gasteiger partial charge on any atom is -0.366 e. The summed E-state index contributed by atoms with van der Waals surface area (Å²) in [6.07, 6.45) is 2.13. The first-order chi connectivity index (χ1) is 12.8. The highest BCUT2D eigenvalue weighted by molar-refractivity contribution is 6.34. The molecule has 1 aliphatic rings. The molecular formula is C20H22ClN3O3. The maximum Gasteiger partial charge on any atom is 0.293 e. The van der Waals surface area contributed by atoms with Crippen LogP contribution in [-0.4, -0.2) is 23.9 Å². The number of nitrogens with one attached hydrogen (secondary N) is 1. The van der Waals surface area contributed by atoms with Gasteiger partial charge in [-0.25, -0.2) is 0 Å². The molecule has 27 heavy (non-hydrogen) atoms. The maximum atomic E-state index is 12.6. The van der Waals surface area contributed by atoms with Crippen LogP contribution in [0.4, 0.5) is 17.1 Å². The van der Waals surface area contributed by atoms with Gasteiger partial charge in [-0.15, -0.1) is 0 Å². The van der Waals surface area contributed by atoms with Gasteiger partial charge in [0, 0.05) is 24.7 Å². The number of anilines is 2. The van der Waals surface area contributed by atoms with E-state index in [2.05, 4.69) is 12.2 Å². The molecule has 142 valence electrons. The van der Waals surface area contributed by atoms with Gasteiger partial charge in [0.25, 0.3) is 11.6 Å². The fourth-order valence-corrected chi connectivity index (χ4v) is 3.68. The highest BCUT2D eigenvalue weighted by Crippen LogP contribution is 2.33. The number of aryl methyl sites for hydroxylation is 1. The fraction of sp³-hybridized carbons (Fsp3) is 0.350. The molecule has 0 aromatic heterocycles. The third-order valence-electron chi connectivity index (χ3n) is 4.80. The lowest BCUT2D eigenvalue weighted by atomic mass is 9.99. The molecule has 1 saturated heterocycles. The number of piperidine rings is 1. The highest BCUT2D eigenvalue weighted by atomic mass is 35.5. The molecule has 1 atom stereocenters. The molecule has 1 amide bonds. The second-order valence-corrected chi connectivity index (χ2v) is 7.50. The summed E-state index contributed by atoms with van der Waals surface area (Å²) in [5.41, 5.74) is 2.20. The van der Waals surface area contributed by atoms with Crippen molar-refractivity contribution in [3.63, 3.8) is 0 Å². The van der Waals surface area contributed by atoms with Gasteiger partial charge in [-0.3, -0.25) is 14.9 Å². The predicted octanol–water partition coefficient (Wildman–Crippen LogP) is 5.05. The number of amides is 1. The monoisotopic (exact) mass is 387 g/mol. The lowest BCUT2D eigenvalue weighted by molar-refractivity contribution is -0.384. The Balaban J connectivity index is 1.86. The molecule has 0 radical (unpaired) electrons. The molecule has 0 bridgehead atoms.